The molecule has 0 saturated carbocycles. The SMILES string of the molecule is CC1(C)c2ccc3c(oc4cc(-c5c6ccccc6c(-c6cccc7ccccc67)c6ccccc56)ccc43)c2-c2ccc3ccccc3c21. The molecule has 1 heterocycles. The molecule has 1 aliphatic rings. The van der Waals surface area contributed by atoms with E-state index in [9.17, 15) is 0 Å². The quantitative estimate of drug-likeness (QED) is 0.172. The normalized spacial score (nSPS) is 13.6. The molecule has 0 aliphatic heterocycles. The van der Waals surface area contributed by atoms with Gasteiger partial charge in [0.1, 0.15) is 11.2 Å². The standard InChI is InChI=1S/C49H32O/c1-49(2)42-27-26-40-34-24-23-31(28-43(34)50-48(40)46(42)41-25-22-30-13-4-6-16-33(30)47(41)49)44-36-17-7-9-19-38(36)45(39-20-10-8-18-37(39)44)35-21-11-14-29-12-3-5-15-32(29)35/h3-28H,1-2H3. The van der Waals surface area contributed by atoms with E-state index in [1.807, 2.05) is 0 Å². The van der Waals surface area contributed by atoms with Crippen LogP contribution in [0.5, 0.6) is 0 Å². The molecule has 0 amide bonds. The summed E-state index contributed by atoms with van der Waals surface area (Å²) in [6.07, 6.45) is 0. The van der Waals surface area contributed by atoms with Crippen molar-refractivity contribution in [1.82, 2.24) is 0 Å². The molecule has 0 fully saturated rings. The minimum Gasteiger partial charge on any atom is -0.455 e. The molecule has 1 nitrogen and oxygen atoms in total. The van der Waals surface area contributed by atoms with E-state index in [0.717, 1.165) is 22.1 Å². The molecule has 1 aliphatic carbocycles. The van der Waals surface area contributed by atoms with Gasteiger partial charge in [-0.3, -0.25) is 0 Å². The van der Waals surface area contributed by atoms with E-state index in [1.54, 1.807) is 0 Å². The van der Waals surface area contributed by atoms with Gasteiger partial charge in [-0.05, 0) is 94.2 Å². The number of hydrogen-bond acceptors (Lipinski definition) is 1. The van der Waals surface area contributed by atoms with Gasteiger partial charge in [0.15, 0.2) is 0 Å². The fraction of sp³-hybridized carbons (Fsp3) is 0.0612. The zero-order valence-electron chi connectivity index (χ0n) is 27.9. The maximum absolute atomic E-state index is 6.99. The van der Waals surface area contributed by atoms with Crippen molar-refractivity contribution in [2.24, 2.45) is 0 Å². The lowest BCUT2D eigenvalue weighted by atomic mass is 9.80. The lowest BCUT2D eigenvalue weighted by Gasteiger charge is -2.23. The molecule has 50 heavy (non-hydrogen) atoms. The van der Waals surface area contributed by atoms with Crippen LogP contribution in [0.3, 0.4) is 0 Å². The second kappa shape index (κ2) is 9.94. The Morgan fingerprint density at radius 1 is 0.400 bits per heavy atom. The van der Waals surface area contributed by atoms with Crippen LogP contribution in [-0.2, 0) is 5.41 Å². The predicted molar refractivity (Wildman–Crippen MR) is 212 cm³/mol. The average Bonchev–Trinajstić information content (AvgIpc) is 3.65. The summed E-state index contributed by atoms with van der Waals surface area (Å²) in [6.45, 7) is 4.71. The van der Waals surface area contributed by atoms with Crippen molar-refractivity contribution in [1.29, 1.82) is 0 Å². The van der Waals surface area contributed by atoms with Crippen LogP contribution in [0.1, 0.15) is 25.0 Å². The second-order valence-corrected chi connectivity index (χ2v) is 14.4. The monoisotopic (exact) mass is 636 g/mol. The minimum atomic E-state index is -0.131. The Hall–Kier alpha value is -6.18. The number of fused-ring (bicyclic) bond motifs is 12. The summed E-state index contributed by atoms with van der Waals surface area (Å²) in [6, 6.07) is 58.0. The van der Waals surface area contributed by atoms with Crippen molar-refractivity contribution in [2.45, 2.75) is 19.3 Å². The molecule has 11 rings (SSSR count). The van der Waals surface area contributed by atoms with E-state index in [-0.39, 0.29) is 5.41 Å². The molecule has 1 heteroatoms. The van der Waals surface area contributed by atoms with Gasteiger partial charge >= 0.3 is 0 Å². The topological polar surface area (TPSA) is 13.1 Å². The number of furan rings is 1. The van der Waals surface area contributed by atoms with E-state index >= 15 is 0 Å². The van der Waals surface area contributed by atoms with Gasteiger partial charge < -0.3 is 4.42 Å². The zero-order valence-corrected chi connectivity index (χ0v) is 27.9. The van der Waals surface area contributed by atoms with Gasteiger partial charge in [0.2, 0.25) is 0 Å². The highest BCUT2D eigenvalue weighted by Crippen LogP contribution is 2.55. The molecule has 0 radical (unpaired) electrons. The minimum absolute atomic E-state index is 0.131. The predicted octanol–water partition coefficient (Wildman–Crippen LogP) is 13.8. The maximum atomic E-state index is 6.99. The summed E-state index contributed by atoms with van der Waals surface area (Å²) in [5.41, 5.74) is 12.0. The van der Waals surface area contributed by atoms with Crippen LogP contribution in [0.2, 0.25) is 0 Å². The third-order valence-corrected chi connectivity index (χ3v) is 11.4. The first-order valence-electron chi connectivity index (χ1n) is 17.5. The summed E-state index contributed by atoms with van der Waals surface area (Å²) < 4.78 is 6.99. The Labute approximate surface area is 290 Å². The van der Waals surface area contributed by atoms with Crippen LogP contribution < -0.4 is 0 Å². The summed E-state index contributed by atoms with van der Waals surface area (Å²) >= 11 is 0. The first-order chi connectivity index (χ1) is 24.6. The third-order valence-electron chi connectivity index (χ3n) is 11.4. The zero-order chi connectivity index (χ0) is 33.1. The van der Waals surface area contributed by atoms with Crippen LogP contribution in [0, 0.1) is 0 Å². The summed E-state index contributed by atoms with van der Waals surface area (Å²) in [5.74, 6) is 0. The smallest absolute Gasteiger partial charge is 0.143 e. The molecule has 0 atom stereocenters. The van der Waals surface area contributed by atoms with Crippen LogP contribution in [-0.4, -0.2) is 0 Å². The molecule has 9 aromatic carbocycles. The van der Waals surface area contributed by atoms with Crippen molar-refractivity contribution in [2.75, 3.05) is 0 Å². The molecule has 0 spiro atoms. The first-order valence-corrected chi connectivity index (χ1v) is 17.5. The van der Waals surface area contributed by atoms with Crippen molar-refractivity contribution in [3.8, 4) is 33.4 Å². The molecular weight excluding hydrogens is 605 g/mol. The number of rotatable bonds is 2. The van der Waals surface area contributed by atoms with Crippen molar-refractivity contribution < 1.29 is 4.42 Å². The Bertz CT molecular complexity index is 3000. The van der Waals surface area contributed by atoms with Gasteiger partial charge in [-0.1, -0.05) is 159 Å². The lowest BCUT2D eigenvalue weighted by Crippen LogP contribution is -2.15. The first kappa shape index (κ1) is 27.7. The molecule has 0 unspecified atom stereocenters. The van der Waals surface area contributed by atoms with Crippen molar-refractivity contribution in [3.63, 3.8) is 0 Å². The largest absolute Gasteiger partial charge is 0.455 e. The van der Waals surface area contributed by atoms with E-state index in [4.69, 9.17) is 4.42 Å². The van der Waals surface area contributed by atoms with Crippen molar-refractivity contribution in [3.05, 3.63) is 169 Å². The number of benzene rings is 9. The average molecular weight is 637 g/mol. The van der Waals surface area contributed by atoms with Gasteiger partial charge in [0.25, 0.3) is 0 Å². The lowest BCUT2D eigenvalue weighted by molar-refractivity contribution is 0.656. The van der Waals surface area contributed by atoms with E-state index in [1.165, 1.54) is 87.4 Å². The molecule has 234 valence electrons. The van der Waals surface area contributed by atoms with Gasteiger partial charge in [0.05, 0.1) is 0 Å². The highest BCUT2D eigenvalue weighted by Gasteiger charge is 2.39. The van der Waals surface area contributed by atoms with Crippen LogP contribution >= 0.6 is 0 Å². The Morgan fingerprint density at radius 3 is 1.70 bits per heavy atom. The molecule has 10 aromatic rings. The Morgan fingerprint density at radius 2 is 0.980 bits per heavy atom. The Kier molecular flexibility index (Phi) is 5.51. The van der Waals surface area contributed by atoms with E-state index < -0.39 is 0 Å². The summed E-state index contributed by atoms with van der Waals surface area (Å²) in [5, 5.41) is 12.4. The van der Waals surface area contributed by atoms with Gasteiger partial charge in [0, 0.05) is 21.8 Å². The van der Waals surface area contributed by atoms with E-state index in [0.29, 0.717) is 0 Å². The molecule has 0 saturated heterocycles. The summed E-state index contributed by atoms with van der Waals surface area (Å²) in [7, 11) is 0. The van der Waals surface area contributed by atoms with Crippen molar-refractivity contribution >= 4 is 65.0 Å². The summed E-state index contributed by atoms with van der Waals surface area (Å²) in [4.78, 5) is 0. The fourth-order valence-electron chi connectivity index (χ4n) is 9.24. The van der Waals surface area contributed by atoms with Crippen LogP contribution in [0.25, 0.3) is 98.4 Å². The highest BCUT2D eigenvalue weighted by atomic mass is 16.3. The molecule has 0 N–H and O–H groups in total. The molecule has 1 aromatic heterocycles. The third kappa shape index (κ3) is 3.62. The van der Waals surface area contributed by atoms with Crippen LogP contribution in [0.4, 0.5) is 0 Å². The van der Waals surface area contributed by atoms with E-state index in [2.05, 4.69) is 172 Å². The fourth-order valence-corrected chi connectivity index (χ4v) is 9.24. The maximum Gasteiger partial charge on any atom is 0.143 e. The van der Waals surface area contributed by atoms with Gasteiger partial charge in [-0.15, -0.1) is 0 Å². The van der Waals surface area contributed by atoms with Gasteiger partial charge in [-0.2, -0.15) is 0 Å². The number of hydrogen-bond donors (Lipinski definition) is 0. The van der Waals surface area contributed by atoms with Crippen LogP contribution in [0.15, 0.2) is 162 Å². The van der Waals surface area contributed by atoms with Gasteiger partial charge in [-0.25, -0.2) is 0 Å². The Balaban J connectivity index is 1.18. The molecular formula is C49H32O. The highest BCUT2D eigenvalue weighted by molar-refractivity contribution is 6.24. The second-order valence-electron chi connectivity index (χ2n) is 14.4. The molecule has 0 bridgehead atoms.